The summed E-state index contributed by atoms with van der Waals surface area (Å²) in [4.78, 5) is 22.3. The molecule has 36 heavy (non-hydrogen) atoms. The number of terminal acetylenes is 1. The first-order valence-electron chi connectivity index (χ1n) is 11.7. The van der Waals surface area contributed by atoms with Crippen LogP contribution >= 0.6 is 0 Å². The Kier molecular flexibility index (Phi) is 6.42. The highest BCUT2D eigenvalue weighted by atomic mass is 16.7. The van der Waals surface area contributed by atoms with Crippen molar-refractivity contribution >= 4 is 16.8 Å². The highest BCUT2D eigenvalue weighted by molar-refractivity contribution is 5.98. The van der Waals surface area contributed by atoms with Crippen LogP contribution in [0.3, 0.4) is 0 Å². The summed E-state index contributed by atoms with van der Waals surface area (Å²) in [5, 5.41) is 3.68. The van der Waals surface area contributed by atoms with Gasteiger partial charge in [-0.2, -0.15) is 0 Å². The van der Waals surface area contributed by atoms with Crippen molar-refractivity contribution in [2.24, 2.45) is 0 Å². The molecule has 4 aromatic rings. The number of benzene rings is 3. The Morgan fingerprint density at radius 1 is 1.06 bits per heavy atom. The van der Waals surface area contributed by atoms with Crippen molar-refractivity contribution in [3.05, 3.63) is 77.6 Å². The van der Waals surface area contributed by atoms with E-state index in [1.54, 1.807) is 6.07 Å². The second-order valence-corrected chi connectivity index (χ2v) is 8.71. The quantitative estimate of drug-likeness (QED) is 0.372. The largest absolute Gasteiger partial charge is 0.481 e. The zero-order chi connectivity index (χ0) is 25.1. The summed E-state index contributed by atoms with van der Waals surface area (Å²) in [6.07, 6.45) is 5.34. The maximum Gasteiger partial charge on any atom is 0.289 e. The minimum atomic E-state index is -0.373. The SMILES string of the molecule is C#CCOc1ccc2nc(C(=O)NCc3ccc4c(c3)OCO4)nc(-c3ccc(C(C)C)cc3)c2c1. The molecule has 5 rings (SSSR count). The number of hydrogen-bond donors (Lipinski definition) is 1. The molecule has 0 atom stereocenters. The smallest absolute Gasteiger partial charge is 0.289 e. The van der Waals surface area contributed by atoms with E-state index in [-0.39, 0.29) is 25.1 Å². The molecule has 0 fully saturated rings. The van der Waals surface area contributed by atoms with Gasteiger partial charge in [0.2, 0.25) is 12.6 Å². The molecule has 0 aliphatic carbocycles. The van der Waals surface area contributed by atoms with Gasteiger partial charge < -0.3 is 19.5 Å². The summed E-state index contributed by atoms with van der Waals surface area (Å²) in [7, 11) is 0. The van der Waals surface area contributed by atoms with Gasteiger partial charge in [-0.1, -0.05) is 50.1 Å². The Labute approximate surface area is 209 Å². The van der Waals surface area contributed by atoms with E-state index < -0.39 is 0 Å². The fraction of sp³-hybridized carbons (Fsp3) is 0.207. The molecule has 0 spiro atoms. The fourth-order valence-electron chi connectivity index (χ4n) is 3.98. The van der Waals surface area contributed by atoms with E-state index >= 15 is 0 Å². The van der Waals surface area contributed by atoms with Crippen molar-refractivity contribution in [1.82, 2.24) is 15.3 Å². The van der Waals surface area contributed by atoms with Gasteiger partial charge in [-0.05, 0) is 47.4 Å². The van der Waals surface area contributed by atoms with Gasteiger partial charge in [-0.3, -0.25) is 4.79 Å². The molecule has 1 aromatic heterocycles. The summed E-state index contributed by atoms with van der Waals surface area (Å²) in [5.41, 5.74) is 4.26. The van der Waals surface area contributed by atoms with E-state index in [2.05, 4.69) is 47.2 Å². The fourth-order valence-corrected chi connectivity index (χ4v) is 3.98. The first-order chi connectivity index (χ1) is 17.5. The van der Waals surface area contributed by atoms with Crippen molar-refractivity contribution in [2.75, 3.05) is 13.4 Å². The van der Waals surface area contributed by atoms with Gasteiger partial charge in [0.25, 0.3) is 5.91 Å². The molecule has 1 N–H and O–H groups in total. The van der Waals surface area contributed by atoms with Gasteiger partial charge in [0.15, 0.2) is 11.5 Å². The first-order valence-corrected chi connectivity index (χ1v) is 11.7. The molecule has 1 amide bonds. The molecule has 7 nitrogen and oxygen atoms in total. The maximum absolute atomic E-state index is 13.1. The summed E-state index contributed by atoms with van der Waals surface area (Å²) < 4.78 is 16.4. The summed E-state index contributed by atoms with van der Waals surface area (Å²) >= 11 is 0. The van der Waals surface area contributed by atoms with Gasteiger partial charge in [-0.15, -0.1) is 6.42 Å². The second kappa shape index (κ2) is 9.96. The van der Waals surface area contributed by atoms with Crippen LogP contribution in [0.25, 0.3) is 22.2 Å². The number of nitrogens with one attached hydrogen (secondary N) is 1. The Balaban J connectivity index is 1.48. The summed E-state index contributed by atoms with van der Waals surface area (Å²) in [6, 6.07) is 19.2. The van der Waals surface area contributed by atoms with Crippen LogP contribution in [0.1, 0.15) is 41.5 Å². The van der Waals surface area contributed by atoms with Crippen molar-refractivity contribution in [3.63, 3.8) is 0 Å². The van der Waals surface area contributed by atoms with Gasteiger partial charge in [-0.25, -0.2) is 9.97 Å². The lowest BCUT2D eigenvalue weighted by atomic mass is 9.99. The van der Waals surface area contributed by atoms with E-state index in [1.165, 1.54) is 5.56 Å². The molecule has 2 heterocycles. The van der Waals surface area contributed by atoms with Crippen LogP contribution in [0.2, 0.25) is 0 Å². The number of carbonyl (C=O) groups excluding carboxylic acids is 1. The lowest BCUT2D eigenvalue weighted by molar-refractivity contribution is 0.0941. The number of ether oxygens (including phenoxy) is 3. The lowest BCUT2D eigenvalue weighted by Crippen LogP contribution is -2.25. The predicted molar refractivity (Wildman–Crippen MR) is 137 cm³/mol. The highest BCUT2D eigenvalue weighted by Gasteiger charge is 2.18. The van der Waals surface area contributed by atoms with Crippen molar-refractivity contribution in [3.8, 4) is 40.8 Å². The molecule has 180 valence electrons. The van der Waals surface area contributed by atoms with Crippen LogP contribution in [-0.4, -0.2) is 29.3 Å². The monoisotopic (exact) mass is 479 g/mol. The van der Waals surface area contributed by atoms with Crippen LogP contribution in [-0.2, 0) is 6.54 Å². The second-order valence-electron chi connectivity index (χ2n) is 8.71. The number of fused-ring (bicyclic) bond motifs is 2. The van der Waals surface area contributed by atoms with Crippen LogP contribution in [0.4, 0.5) is 0 Å². The molecule has 0 saturated carbocycles. The molecule has 0 radical (unpaired) electrons. The molecular formula is C29H25N3O4. The molecule has 0 unspecified atom stereocenters. The third kappa shape index (κ3) is 4.80. The number of amides is 1. The van der Waals surface area contributed by atoms with Crippen LogP contribution < -0.4 is 19.5 Å². The average Bonchev–Trinajstić information content (AvgIpc) is 3.38. The molecule has 3 aromatic carbocycles. The van der Waals surface area contributed by atoms with E-state index in [0.29, 0.717) is 40.9 Å². The molecule has 1 aliphatic heterocycles. The standard InChI is InChI=1S/C29H25N3O4/c1-4-13-34-22-10-11-24-23(15-22)27(21-8-6-20(7-9-21)18(2)3)32-28(31-24)29(33)30-16-19-5-12-25-26(14-19)36-17-35-25/h1,5-12,14-15,18H,13,16-17H2,2-3H3,(H,30,33). The number of nitrogens with zero attached hydrogens (tertiary/aromatic N) is 2. The molecule has 7 heteroatoms. The van der Waals surface area contributed by atoms with E-state index in [0.717, 1.165) is 16.5 Å². The topological polar surface area (TPSA) is 82.6 Å². The first kappa shape index (κ1) is 23.2. The lowest BCUT2D eigenvalue weighted by Gasteiger charge is -2.12. The van der Waals surface area contributed by atoms with Gasteiger partial charge in [0.1, 0.15) is 12.4 Å². The number of aromatic nitrogens is 2. The van der Waals surface area contributed by atoms with Crippen LogP contribution in [0.5, 0.6) is 17.2 Å². The number of hydrogen-bond acceptors (Lipinski definition) is 6. The van der Waals surface area contributed by atoms with E-state index in [4.69, 9.17) is 20.6 Å². The number of rotatable bonds is 7. The maximum atomic E-state index is 13.1. The predicted octanol–water partition coefficient (Wildman–Crippen LogP) is 5.09. The molecule has 1 aliphatic rings. The van der Waals surface area contributed by atoms with Gasteiger partial charge in [0.05, 0.1) is 11.2 Å². The summed E-state index contributed by atoms with van der Waals surface area (Å²) in [6.45, 7) is 4.95. The van der Waals surface area contributed by atoms with E-state index in [1.807, 2.05) is 42.5 Å². The average molecular weight is 480 g/mol. The van der Waals surface area contributed by atoms with Crippen molar-refractivity contribution in [1.29, 1.82) is 0 Å². The zero-order valence-corrected chi connectivity index (χ0v) is 20.1. The van der Waals surface area contributed by atoms with E-state index in [9.17, 15) is 4.79 Å². The number of carbonyl (C=O) groups is 1. The van der Waals surface area contributed by atoms with Crippen LogP contribution in [0.15, 0.2) is 60.7 Å². The normalized spacial score (nSPS) is 11.9. The van der Waals surface area contributed by atoms with Crippen molar-refractivity contribution < 1.29 is 19.0 Å². The Bertz CT molecular complexity index is 1470. The van der Waals surface area contributed by atoms with Crippen molar-refractivity contribution in [2.45, 2.75) is 26.3 Å². The Morgan fingerprint density at radius 2 is 1.86 bits per heavy atom. The minimum Gasteiger partial charge on any atom is -0.481 e. The van der Waals surface area contributed by atoms with Crippen LogP contribution in [0, 0.1) is 12.3 Å². The summed E-state index contributed by atoms with van der Waals surface area (Å²) in [5.74, 6) is 4.57. The minimum absolute atomic E-state index is 0.0865. The molecular weight excluding hydrogens is 454 g/mol. The Hall–Kier alpha value is -4.57. The highest BCUT2D eigenvalue weighted by Crippen LogP contribution is 2.33. The zero-order valence-electron chi connectivity index (χ0n) is 20.1. The molecule has 0 bridgehead atoms. The van der Waals surface area contributed by atoms with Gasteiger partial charge in [0, 0.05) is 17.5 Å². The third-order valence-electron chi connectivity index (χ3n) is 5.93. The Morgan fingerprint density at radius 3 is 2.64 bits per heavy atom. The molecule has 0 saturated heterocycles. The van der Waals surface area contributed by atoms with Gasteiger partial charge >= 0.3 is 0 Å². The third-order valence-corrected chi connectivity index (χ3v) is 5.93.